The van der Waals surface area contributed by atoms with E-state index >= 15 is 0 Å². The van der Waals surface area contributed by atoms with Crippen molar-refractivity contribution in [3.63, 3.8) is 0 Å². The summed E-state index contributed by atoms with van der Waals surface area (Å²) in [6, 6.07) is 7.07. The molecule has 0 unspecified atom stereocenters. The molecule has 2 rings (SSSR count). The number of halogens is 2. The summed E-state index contributed by atoms with van der Waals surface area (Å²) < 4.78 is 34.2. The third kappa shape index (κ3) is 6.11. The molecule has 7 nitrogen and oxygen atoms in total. The number of ether oxygens (including phenoxy) is 4. The third-order valence-electron chi connectivity index (χ3n) is 3.65. The maximum Gasteiger partial charge on any atom is 0.331 e. The summed E-state index contributed by atoms with van der Waals surface area (Å²) in [5.74, 6) is -0.889. The van der Waals surface area contributed by atoms with E-state index in [2.05, 4.69) is 5.32 Å². The van der Waals surface area contributed by atoms with Gasteiger partial charge in [0.2, 0.25) is 5.75 Å². The van der Waals surface area contributed by atoms with Crippen LogP contribution in [-0.4, -0.2) is 39.8 Å². The van der Waals surface area contributed by atoms with Gasteiger partial charge in [0.25, 0.3) is 5.91 Å². The smallest absolute Gasteiger partial charge is 0.331 e. The Hall–Kier alpha value is -3.26. The molecule has 29 heavy (non-hydrogen) atoms. The van der Waals surface area contributed by atoms with Gasteiger partial charge in [0.15, 0.2) is 18.1 Å². The Labute approximate surface area is 172 Å². The molecule has 1 amide bonds. The second kappa shape index (κ2) is 10.3. The number of esters is 1. The van der Waals surface area contributed by atoms with Crippen LogP contribution in [-0.2, 0) is 14.3 Å². The Morgan fingerprint density at radius 3 is 2.28 bits per heavy atom. The van der Waals surface area contributed by atoms with E-state index in [-0.39, 0.29) is 10.7 Å². The van der Waals surface area contributed by atoms with Gasteiger partial charge in [0.05, 0.1) is 27.0 Å². The maximum absolute atomic E-state index is 13.6. The minimum Gasteiger partial charge on any atom is -0.493 e. The Bertz CT molecular complexity index is 906. The van der Waals surface area contributed by atoms with Crippen molar-refractivity contribution in [2.45, 2.75) is 0 Å². The first-order chi connectivity index (χ1) is 13.9. The standard InChI is InChI=1S/C20H19ClFNO6/c1-26-16-8-12(9-17(27-2)20(16)28-3)4-7-19(25)29-11-18(24)23-15-6-5-13(21)10-14(15)22/h4-10H,11H2,1-3H3,(H,23,24). The Kier molecular flexibility index (Phi) is 7.85. The number of benzene rings is 2. The molecule has 0 spiro atoms. The quantitative estimate of drug-likeness (QED) is 0.515. The largest absolute Gasteiger partial charge is 0.493 e. The Morgan fingerprint density at radius 2 is 1.72 bits per heavy atom. The molecule has 0 atom stereocenters. The van der Waals surface area contributed by atoms with Gasteiger partial charge in [-0.15, -0.1) is 0 Å². The van der Waals surface area contributed by atoms with Gasteiger partial charge in [-0.3, -0.25) is 4.79 Å². The predicted molar refractivity (Wildman–Crippen MR) is 106 cm³/mol. The molecule has 0 heterocycles. The summed E-state index contributed by atoms with van der Waals surface area (Å²) in [6.45, 7) is -0.583. The van der Waals surface area contributed by atoms with Crippen LogP contribution in [0.15, 0.2) is 36.4 Å². The summed E-state index contributed by atoms with van der Waals surface area (Å²) in [5, 5.41) is 2.49. The maximum atomic E-state index is 13.6. The minimum absolute atomic E-state index is 0.0663. The number of carbonyl (C=O) groups is 2. The minimum atomic E-state index is -0.759. The zero-order valence-electron chi connectivity index (χ0n) is 16.0. The lowest BCUT2D eigenvalue weighted by atomic mass is 10.1. The fourth-order valence-corrected chi connectivity index (χ4v) is 2.48. The number of hydrogen-bond donors (Lipinski definition) is 1. The number of carbonyl (C=O) groups excluding carboxylic acids is 2. The third-order valence-corrected chi connectivity index (χ3v) is 3.88. The first-order valence-electron chi connectivity index (χ1n) is 8.27. The number of hydrogen-bond acceptors (Lipinski definition) is 6. The Morgan fingerprint density at radius 1 is 1.07 bits per heavy atom. The van der Waals surface area contributed by atoms with E-state index in [0.717, 1.165) is 12.1 Å². The molecule has 0 aliphatic carbocycles. The average molecular weight is 424 g/mol. The number of rotatable bonds is 8. The van der Waals surface area contributed by atoms with Crippen LogP contribution in [0.1, 0.15) is 5.56 Å². The summed E-state index contributed by atoms with van der Waals surface area (Å²) in [7, 11) is 4.43. The SMILES string of the molecule is COc1cc(C=CC(=O)OCC(=O)Nc2ccc(Cl)cc2F)cc(OC)c1OC. The van der Waals surface area contributed by atoms with Gasteiger partial charge in [-0.2, -0.15) is 0 Å². The van der Waals surface area contributed by atoms with Crippen LogP contribution in [0, 0.1) is 5.82 Å². The van der Waals surface area contributed by atoms with Crippen molar-refractivity contribution in [3.8, 4) is 17.2 Å². The molecule has 0 aliphatic rings. The van der Waals surface area contributed by atoms with Crippen molar-refractivity contribution in [2.24, 2.45) is 0 Å². The molecule has 0 fully saturated rings. The average Bonchev–Trinajstić information content (AvgIpc) is 2.71. The zero-order chi connectivity index (χ0) is 21.4. The zero-order valence-corrected chi connectivity index (χ0v) is 16.7. The van der Waals surface area contributed by atoms with Crippen molar-refractivity contribution in [1.82, 2.24) is 0 Å². The van der Waals surface area contributed by atoms with Gasteiger partial charge in [0.1, 0.15) is 5.82 Å². The molecular weight excluding hydrogens is 405 g/mol. The van der Waals surface area contributed by atoms with Crippen molar-refractivity contribution >= 4 is 35.2 Å². The van der Waals surface area contributed by atoms with Crippen LogP contribution >= 0.6 is 11.6 Å². The van der Waals surface area contributed by atoms with Crippen molar-refractivity contribution in [1.29, 1.82) is 0 Å². The van der Waals surface area contributed by atoms with E-state index in [1.807, 2.05) is 0 Å². The molecule has 0 bridgehead atoms. The molecule has 1 N–H and O–H groups in total. The lowest BCUT2D eigenvalue weighted by Gasteiger charge is -2.12. The van der Waals surface area contributed by atoms with Crippen LogP contribution in [0.2, 0.25) is 5.02 Å². The van der Waals surface area contributed by atoms with Crippen LogP contribution in [0.25, 0.3) is 6.08 Å². The molecule has 2 aromatic rings. The van der Waals surface area contributed by atoms with Crippen LogP contribution in [0.4, 0.5) is 10.1 Å². The number of nitrogens with one attached hydrogen (secondary N) is 1. The highest BCUT2D eigenvalue weighted by atomic mass is 35.5. The summed E-state index contributed by atoms with van der Waals surface area (Å²) in [5.41, 5.74) is 0.521. The number of amides is 1. The van der Waals surface area contributed by atoms with E-state index in [0.29, 0.717) is 22.8 Å². The van der Waals surface area contributed by atoms with Gasteiger partial charge in [-0.25, -0.2) is 9.18 Å². The first kappa shape index (κ1) is 22.0. The second-order valence-corrected chi connectivity index (χ2v) is 6.01. The highest BCUT2D eigenvalue weighted by molar-refractivity contribution is 6.30. The predicted octanol–water partition coefficient (Wildman–Crippen LogP) is 3.70. The molecule has 154 valence electrons. The normalized spacial score (nSPS) is 10.5. The molecule has 0 radical (unpaired) electrons. The van der Waals surface area contributed by atoms with E-state index in [4.69, 9.17) is 30.5 Å². The van der Waals surface area contributed by atoms with Crippen molar-refractivity contribution in [3.05, 3.63) is 52.8 Å². The van der Waals surface area contributed by atoms with Crippen molar-refractivity contribution in [2.75, 3.05) is 33.3 Å². The van der Waals surface area contributed by atoms with E-state index in [1.54, 1.807) is 12.1 Å². The topological polar surface area (TPSA) is 83.1 Å². The van der Waals surface area contributed by atoms with Gasteiger partial charge >= 0.3 is 5.97 Å². The summed E-state index contributed by atoms with van der Waals surface area (Å²) in [4.78, 5) is 23.7. The molecule has 0 saturated carbocycles. The van der Waals surface area contributed by atoms with Crippen LogP contribution < -0.4 is 19.5 Å². The van der Waals surface area contributed by atoms with Crippen LogP contribution in [0.3, 0.4) is 0 Å². The van der Waals surface area contributed by atoms with Crippen molar-refractivity contribution < 1.29 is 32.9 Å². The number of anilines is 1. The molecular formula is C20H19ClFNO6. The molecule has 0 aliphatic heterocycles. The van der Waals surface area contributed by atoms with E-state index in [1.165, 1.54) is 39.5 Å². The highest BCUT2D eigenvalue weighted by Gasteiger charge is 2.13. The van der Waals surface area contributed by atoms with Gasteiger partial charge in [-0.1, -0.05) is 11.6 Å². The first-order valence-corrected chi connectivity index (χ1v) is 8.65. The highest BCUT2D eigenvalue weighted by Crippen LogP contribution is 2.38. The van der Waals surface area contributed by atoms with E-state index in [9.17, 15) is 14.0 Å². The fraction of sp³-hybridized carbons (Fsp3) is 0.200. The monoisotopic (exact) mass is 423 g/mol. The second-order valence-electron chi connectivity index (χ2n) is 5.57. The molecule has 2 aromatic carbocycles. The van der Waals surface area contributed by atoms with Crippen LogP contribution in [0.5, 0.6) is 17.2 Å². The summed E-state index contributed by atoms with van der Waals surface area (Å²) >= 11 is 5.64. The fourth-order valence-electron chi connectivity index (χ4n) is 2.32. The molecule has 0 aromatic heterocycles. The van der Waals surface area contributed by atoms with Gasteiger partial charge in [0, 0.05) is 11.1 Å². The lowest BCUT2D eigenvalue weighted by molar-refractivity contribution is -0.142. The Balaban J connectivity index is 1.96. The summed E-state index contributed by atoms with van der Waals surface area (Å²) in [6.07, 6.45) is 2.60. The van der Waals surface area contributed by atoms with Gasteiger partial charge < -0.3 is 24.3 Å². The van der Waals surface area contributed by atoms with Gasteiger partial charge in [-0.05, 0) is 42.0 Å². The molecule has 0 saturated heterocycles. The molecule has 9 heteroatoms. The lowest BCUT2D eigenvalue weighted by Crippen LogP contribution is -2.20. The van der Waals surface area contributed by atoms with E-state index < -0.39 is 24.3 Å². The number of methoxy groups -OCH3 is 3.